The normalized spacial score (nSPS) is 13.3. The second kappa shape index (κ2) is 13.7. The Balaban J connectivity index is 0.986. The SMILES string of the molecule is c1ccc(-c2ccccc2-c2nc(-c3ccc4c(c3)C3(c5ccccc5-c5ccccc53)c3ccccc3-4)nc(-c3cc4sc5ccc6c7ccccc7n7c8ccccc8c(c3)c4c5c67)n2)cc1. The quantitative estimate of drug-likeness (QED) is 0.177. The third kappa shape index (κ3) is 4.89. The first-order chi connectivity index (χ1) is 34.2. The molecule has 318 valence electrons. The lowest BCUT2D eigenvalue weighted by Gasteiger charge is -2.30. The van der Waals surface area contributed by atoms with Gasteiger partial charge in [-0.25, -0.2) is 15.0 Å². The molecule has 4 nitrogen and oxygen atoms in total. The molecule has 0 radical (unpaired) electrons. The number of nitrogens with zero attached hydrogens (tertiary/aromatic N) is 4. The molecule has 1 spiro atoms. The molecule has 0 saturated carbocycles. The molecule has 2 aliphatic rings. The number of hydrogen-bond acceptors (Lipinski definition) is 4. The molecule has 0 amide bonds. The van der Waals surface area contributed by atoms with Gasteiger partial charge in [0.2, 0.25) is 0 Å². The van der Waals surface area contributed by atoms with Crippen LogP contribution in [0.3, 0.4) is 0 Å². The van der Waals surface area contributed by atoms with Crippen molar-refractivity contribution >= 4 is 69.6 Å². The molecule has 5 heteroatoms. The van der Waals surface area contributed by atoms with Gasteiger partial charge in [-0.3, -0.25) is 0 Å². The van der Waals surface area contributed by atoms with E-state index in [1.165, 1.54) is 103 Å². The zero-order chi connectivity index (χ0) is 45.0. The zero-order valence-electron chi connectivity index (χ0n) is 37.0. The molecule has 0 saturated heterocycles. The summed E-state index contributed by atoms with van der Waals surface area (Å²) in [5.41, 5.74) is 18.4. The van der Waals surface area contributed by atoms with Crippen molar-refractivity contribution in [2.24, 2.45) is 0 Å². The van der Waals surface area contributed by atoms with Crippen LogP contribution in [0, 0.1) is 0 Å². The van der Waals surface area contributed by atoms with Crippen molar-refractivity contribution in [2.45, 2.75) is 5.41 Å². The van der Waals surface area contributed by atoms with Crippen LogP contribution in [-0.4, -0.2) is 19.4 Å². The minimum absolute atomic E-state index is 0.496. The first-order valence-corrected chi connectivity index (χ1v) is 24.4. The maximum absolute atomic E-state index is 5.55. The van der Waals surface area contributed by atoms with E-state index in [9.17, 15) is 0 Å². The lowest BCUT2D eigenvalue weighted by Crippen LogP contribution is -2.25. The molecule has 0 bridgehead atoms. The van der Waals surface area contributed by atoms with E-state index in [-0.39, 0.29) is 0 Å². The number of fused-ring (bicyclic) bond motifs is 16. The first kappa shape index (κ1) is 37.3. The van der Waals surface area contributed by atoms with Gasteiger partial charge in [-0.1, -0.05) is 182 Å². The molecule has 0 N–H and O–H groups in total. The summed E-state index contributed by atoms with van der Waals surface area (Å²) < 4.78 is 4.97. The fraction of sp³-hybridized carbons (Fsp3) is 0.0156. The molecule has 0 unspecified atom stereocenters. The number of thiophene rings is 1. The molecule has 14 aromatic rings. The molecular formula is C64H36N4S. The van der Waals surface area contributed by atoms with E-state index >= 15 is 0 Å². The summed E-state index contributed by atoms with van der Waals surface area (Å²) in [6, 6.07) is 79.9. The van der Waals surface area contributed by atoms with Crippen LogP contribution in [0.2, 0.25) is 0 Å². The van der Waals surface area contributed by atoms with E-state index < -0.39 is 5.41 Å². The van der Waals surface area contributed by atoms with Crippen molar-refractivity contribution in [2.75, 3.05) is 0 Å². The molecule has 0 atom stereocenters. The summed E-state index contributed by atoms with van der Waals surface area (Å²) in [7, 11) is 0. The maximum Gasteiger partial charge on any atom is 0.164 e. The van der Waals surface area contributed by atoms with Crippen molar-refractivity contribution in [3.8, 4) is 67.5 Å². The first-order valence-electron chi connectivity index (χ1n) is 23.6. The minimum Gasteiger partial charge on any atom is -0.308 e. The van der Waals surface area contributed by atoms with Gasteiger partial charge in [0, 0.05) is 53.0 Å². The highest BCUT2D eigenvalue weighted by molar-refractivity contribution is 7.26. The van der Waals surface area contributed by atoms with Crippen LogP contribution in [-0.2, 0) is 5.41 Å². The molecule has 69 heavy (non-hydrogen) atoms. The van der Waals surface area contributed by atoms with Gasteiger partial charge in [-0.05, 0) is 97.4 Å². The smallest absolute Gasteiger partial charge is 0.164 e. The standard InChI is InChI=1S/C64H36N4S/c1-2-16-37(17-3-1)40-18-4-5-24-48(40)63-66-61(38-30-31-44-43-21-8-13-27-52(43)64(53(44)35-38)50-25-11-6-19-41(50)42-20-7-12-26-51(42)64)65-62(67-63)39-34-49-46-23-10-15-29-55(46)68-54-28-14-9-22-45(54)47-32-33-56-59(60(47)68)58(49)57(36-39)69-56/h1-36H. The van der Waals surface area contributed by atoms with Crippen LogP contribution in [0.15, 0.2) is 218 Å². The minimum atomic E-state index is -0.496. The van der Waals surface area contributed by atoms with Crippen LogP contribution in [0.1, 0.15) is 22.3 Å². The Morgan fingerprint density at radius 1 is 0.319 bits per heavy atom. The Morgan fingerprint density at radius 2 is 0.855 bits per heavy atom. The van der Waals surface area contributed by atoms with Crippen LogP contribution in [0.4, 0.5) is 0 Å². The second-order valence-electron chi connectivity index (χ2n) is 18.6. The van der Waals surface area contributed by atoms with E-state index in [1.54, 1.807) is 0 Å². The van der Waals surface area contributed by atoms with Crippen molar-refractivity contribution in [1.29, 1.82) is 0 Å². The van der Waals surface area contributed by atoms with Gasteiger partial charge in [0.25, 0.3) is 0 Å². The number of para-hydroxylation sites is 2. The number of rotatable bonds is 4. The molecule has 0 fully saturated rings. The van der Waals surface area contributed by atoms with E-state index in [1.807, 2.05) is 11.3 Å². The molecule has 4 heterocycles. The van der Waals surface area contributed by atoms with Crippen molar-refractivity contribution in [1.82, 2.24) is 19.4 Å². The van der Waals surface area contributed by atoms with Crippen LogP contribution < -0.4 is 0 Å². The number of aromatic nitrogens is 4. The van der Waals surface area contributed by atoms with E-state index in [4.69, 9.17) is 15.0 Å². The Morgan fingerprint density at radius 3 is 1.54 bits per heavy atom. The van der Waals surface area contributed by atoms with Crippen LogP contribution in [0.25, 0.3) is 126 Å². The average Bonchev–Trinajstić information content (AvgIpc) is 4.12. The van der Waals surface area contributed by atoms with Crippen LogP contribution >= 0.6 is 11.3 Å². The highest BCUT2D eigenvalue weighted by Gasteiger charge is 2.51. The summed E-state index contributed by atoms with van der Waals surface area (Å²) >= 11 is 1.85. The fourth-order valence-electron chi connectivity index (χ4n) is 12.5. The Hall–Kier alpha value is -8.77. The van der Waals surface area contributed by atoms with Gasteiger partial charge in [0.1, 0.15) is 0 Å². The Labute approximate surface area is 400 Å². The third-order valence-corrected chi connectivity index (χ3v) is 16.3. The highest BCUT2D eigenvalue weighted by Crippen LogP contribution is 2.63. The van der Waals surface area contributed by atoms with E-state index in [0.29, 0.717) is 17.5 Å². The predicted octanol–water partition coefficient (Wildman–Crippen LogP) is 16.4. The Kier molecular flexibility index (Phi) is 7.39. The van der Waals surface area contributed by atoms with Gasteiger partial charge >= 0.3 is 0 Å². The topological polar surface area (TPSA) is 43.1 Å². The highest BCUT2D eigenvalue weighted by atomic mass is 32.1. The number of hydrogen-bond donors (Lipinski definition) is 0. The fourth-order valence-corrected chi connectivity index (χ4v) is 13.6. The summed E-state index contributed by atoms with van der Waals surface area (Å²) in [6.07, 6.45) is 0. The van der Waals surface area contributed by atoms with Gasteiger partial charge in [-0.2, -0.15) is 0 Å². The largest absolute Gasteiger partial charge is 0.308 e. The van der Waals surface area contributed by atoms with Gasteiger partial charge in [0.05, 0.1) is 22.0 Å². The van der Waals surface area contributed by atoms with Crippen LogP contribution in [0.5, 0.6) is 0 Å². The molecular weight excluding hydrogens is 857 g/mol. The Bertz CT molecular complexity index is 4420. The third-order valence-electron chi connectivity index (χ3n) is 15.2. The van der Waals surface area contributed by atoms with Crippen molar-refractivity contribution in [3.63, 3.8) is 0 Å². The van der Waals surface area contributed by atoms with Crippen molar-refractivity contribution in [3.05, 3.63) is 241 Å². The van der Waals surface area contributed by atoms with Gasteiger partial charge in [0.15, 0.2) is 17.5 Å². The summed E-state index contributed by atoms with van der Waals surface area (Å²) in [6.45, 7) is 0. The molecule has 10 aromatic carbocycles. The molecule has 16 rings (SSSR count). The second-order valence-corrected chi connectivity index (χ2v) is 19.7. The monoisotopic (exact) mass is 892 g/mol. The average molecular weight is 893 g/mol. The lowest BCUT2D eigenvalue weighted by atomic mass is 9.70. The van der Waals surface area contributed by atoms with E-state index in [0.717, 1.165) is 27.8 Å². The summed E-state index contributed by atoms with van der Waals surface area (Å²) in [5.74, 6) is 1.91. The number of benzene rings is 10. The van der Waals surface area contributed by atoms with Crippen molar-refractivity contribution < 1.29 is 0 Å². The lowest BCUT2D eigenvalue weighted by molar-refractivity contribution is 0.794. The summed E-state index contributed by atoms with van der Waals surface area (Å²) in [4.78, 5) is 16.5. The summed E-state index contributed by atoms with van der Waals surface area (Å²) in [5, 5.41) is 7.51. The maximum atomic E-state index is 5.55. The molecule has 2 aliphatic carbocycles. The van der Waals surface area contributed by atoms with Gasteiger partial charge in [-0.15, -0.1) is 11.3 Å². The predicted molar refractivity (Wildman–Crippen MR) is 285 cm³/mol. The van der Waals surface area contributed by atoms with Gasteiger partial charge < -0.3 is 4.40 Å². The zero-order valence-corrected chi connectivity index (χ0v) is 37.8. The van der Waals surface area contributed by atoms with E-state index in [2.05, 4.69) is 223 Å². The molecule has 4 aromatic heterocycles. The molecule has 0 aliphatic heterocycles.